The molecule has 0 radical (unpaired) electrons. The van der Waals surface area contributed by atoms with Gasteiger partial charge in [-0.1, -0.05) is 0 Å². The maximum absolute atomic E-state index is 13.8. The van der Waals surface area contributed by atoms with Gasteiger partial charge >= 0.3 is 5.69 Å². The number of fused-ring (bicyclic) bond motifs is 1. The van der Waals surface area contributed by atoms with Gasteiger partial charge in [-0.2, -0.15) is 8.96 Å². The monoisotopic (exact) mass is 475 g/mol. The number of ether oxygens (including phenoxy) is 2. The normalized spacial score (nSPS) is 16.3. The lowest BCUT2D eigenvalue weighted by atomic mass is 10.3. The van der Waals surface area contributed by atoms with Crippen molar-refractivity contribution >= 4 is 27.1 Å². The molecule has 33 heavy (non-hydrogen) atoms. The molecule has 2 heterocycles. The molecule has 0 unspecified atom stereocenters. The van der Waals surface area contributed by atoms with Crippen molar-refractivity contribution in [2.75, 3.05) is 20.0 Å². The minimum Gasteiger partial charge on any atom is -0.497 e. The summed E-state index contributed by atoms with van der Waals surface area (Å²) in [6.07, 6.45) is 3.77. The SMILES string of the molecule is COc1ccc(OC)c(S(=O)(=O)n2c(N)nc3c2c(=O)n(CC2CC2)c(=O)n3CC2CC2)c1. The van der Waals surface area contributed by atoms with E-state index in [4.69, 9.17) is 15.2 Å². The number of rotatable bonds is 8. The van der Waals surface area contributed by atoms with Crippen molar-refractivity contribution in [3.05, 3.63) is 39.0 Å². The highest BCUT2D eigenvalue weighted by Gasteiger charge is 2.33. The van der Waals surface area contributed by atoms with Crippen LogP contribution in [0.3, 0.4) is 0 Å². The van der Waals surface area contributed by atoms with E-state index in [2.05, 4.69) is 4.98 Å². The summed E-state index contributed by atoms with van der Waals surface area (Å²) in [6, 6.07) is 4.31. The van der Waals surface area contributed by atoms with Crippen LogP contribution in [0.5, 0.6) is 11.5 Å². The summed E-state index contributed by atoms with van der Waals surface area (Å²) in [6.45, 7) is 0.602. The third-order valence-corrected chi connectivity index (χ3v) is 7.90. The van der Waals surface area contributed by atoms with E-state index in [1.54, 1.807) is 6.07 Å². The smallest absolute Gasteiger partial charge is 0.332 e. The van der Waals surface area contributed by atoms with Crippen molar-refractivity contribution in [2.45, 2.75) is 43.7 Å². The molecular weight excluding hydrogens is 450 g/mol. The van der Waals surface area contributed by atoms with Crippen molar-refractivity contribution in [2.24, 2.45) is 11.8 Å². The van der Waals surface area contributed by atoms with Crippen LogP contribution in [0.2, 0.25) is 0 Å². The van der Waals surface area contributed by atoms with Crippen LogP contribution in [0.25, 0.3) is 11.2 Å². The van der Waals surface area contributed by atoms with E-state index in [9.17, 15) is 18.0 Å². The van der Waals surface area contributed by atoms with E-state index >= 15 is 0 Å². The maximum Gasteiger partial charge on any atom is 0.332 e. The van der Waals surface area contributed by atoms with Crippen LogP contribution in [0, 0.1) is 11.8 Å². The van der Waals surface area contributed by atoms with Gasteiger partial charge in [-0.15, -0.1) is 0 Å². The highest BCUT2D eigenvalue weighted by molar-refractivity contribution is 7.90. The highest BCUT2D eigenvalue weighted by atomic mass is 32.2. The molecule has 0 atom stereocenters. The lowest BCUT2D eigenvalue weighted by molar-refractivity contribution is 0.392. The first-order chi connectivity index (χ1) is 15.8. The number of nitrogens with zero attached hydrogens (tertiary/aromatic N) is 4. The van der Waals surface area contributed by atoms with Crippen molar-refractivity contribution in [1.29, 1.82) is 0 Å². The van der Waals surface area contributed by atoms with E-state index in [0.29, 0.717) is 16.4 Å². The van der Waals surface area contributed by atoms with E-state index in [0.717, 1.165) is 30.3 Å². The number of aromatic nitrogens is 4. The van der Waals surface area contributed by atoms with E-state index in [1.807, 2.05) is 0 Å². The minimum absolute atomic E-state index is 0.0214. The average molecular weight is 476 g/mol. The average Bonchev–Trinajstić information content (AvgIpc) is 3.72. The first-order valence-electron chi connectivity index (χ1n) is 10.8. The Morgan fingerprint density at radius 2 is 1.67 bits per heavy atom. The first-order valence-corrected chi connectivity index (χ1v) is 12.2. The Hall–Kier alpha value is -3.28. The zero-order valence-corrected chi connectivity index (χ0v) is 19.2. The van der Waals surface area contributed by atoms with Gasteiger partial charge < -0.3 is 15.2 Å². The number of methoxy groups -OCH3 is 2. The largest absolute Gasteiger partial charge is 0.497 e. The van der Waals surface area contributed by atoms with Crippen LogP contribution < -0.4 is 26.5 Å². The van der Waals surface area contributed by atoms with Crippen molar-refractivity contribution in [1.82, 2.24) is 18.1 Å². The summed E-state index contributed by atoms with van der Waals surface area (Å²) in [7, 11) is -1.68. The van der Waals surface area contributed by atoms with Gasteiger partial charge in [0.1, 0.15) is 16.4 Å². The standard InChI is InChI=1S/C21H25N5O6S/c1-31-14-7-8-15(32-2)16(9-14)33(29,30)26-17-18(23-20(26)22)24(10-12-3-4-12)21(28)25(19(17)27)11-13-5-6-13/h7-9,12-13H,3-6,10-11H2,1-2H3,(H2,22,23). The molecule has 176 valence electrons. The van der Waals surface area contributed by atoms with Crippen LogP contribution in [0.1, 0.15) is 25.7 Å². The molecule has 0 aliphatic heterocycles. The van der Waals surface area contributed by atoms with Crippen molar-refractivity contribution in [3.8, 4) is 11.5 Å². The van der Waals surface area contributed by atoms with Gasteiger partial charge in [0.2, 0.25) is 5.95 Å². The van der Waals surface area contributed by atoms with Crippen LogP contribution in [-0.4, -0.2) is 40.7 Å². The number of anilines is 1. The maximum atomic E-state index is 13.8. The highest BCUT2D eigenvalue weighted by Crippen LogP contribution is 2.34. The molecule has 0 amide bonds. The number of benzene rings is 1. The van der Waals surface area contributed by atoms with Crippen LogP contribution in [0.4, 0.5) is 5.95 Å². The Kier molecular flexibility index (Phi) is 5.00. The van der Waals surface area contributed by atoms with E-state index in [-0.39, 0.29) is 40.0 Å². The Morgan fingerprint density at radius 3 is 2.24 bits per heavy atom. The van der Waals surface area contributed by atoms with Gasteiger partial charge in [-0.3, -0.25) is 13.9 Å². The van der Waals surface area contributed by atoms with Gasteiger partial charge in [0, 0.05) is 19.2 Å². The summed E-state index contributed by atoms with van der Waals surface area (Å²) < 4.78 is 41.2. The number of hydrogen-bond acceptors (Lipinski definition) is 8. The van der Waals surface area contributed by atoms with Crippen LogP contribution >= 0.6 is 0 Å². The van der Waals surface area contributed by atoms with Gasteiger partial charge in [-0.05, 0) is 49.7 Å². The molecule has 11 nitrogen and oxygen atoms in total. The molecule has 2 aromatic heterocycles. The van der Waals surface area contributed by atoms with Gasteiger partial charge in [0.15, 0.2) is 11.2 Å². The third-order valence-electron chi connectivity index (χ3n) is 6.17. The molecule has 0 spiro atoms. The minimum atomic E-state index is -4.43. The molecule has 5 rings (SSSR count). The summed E-state index contributed by atoms with van der Waals surface area (Å²) in [5, 5.41) is 0. The third kappa shape index (κ3) is 3.58. The van der Waals surface area contributed by atoms with Crippen LogP contribution in [-0.2, 0) is 23.1 Å². The molecule has 2 N–H and O–H groups in total. The fourth-order valence-electron chi connectivity index (χ4n) is 4.00. The first kappa shape index (κ1) is 21.6. The molecule has 0 saturated heterocycles. The quantitative estimate of drug-likeness (QED) is 0.509. The molecule has 2 fully saturated rings. The Balaban J connectivity index is 1.81. The number of hydrogen-bond donors (Lipinski definition) is 1. The fraction of sp³-hybridized carbons (Fsp3) is 0.476. The molecule has 2 saturated carbocycles. The molecule has 1 aromatic carbocycles. The summed E-state index contributed by atoms with van der Waals surface area (Å²) >= 11 is 0. The van der Waals surface area contributed by atoms with Crippen molar-refractivity contribution in [3.63, 3.8) is 0 Å². The summed E-state index contributed by atoms with van der Waals surface area (Å²) in [5.41, 5.74) is 4.62. The molecular formula is C21H25N5O6S. The number of nitrogen functional groups attached to an aromatic ring is 1. The molecule has 12 heteroatoms. The van der Waals surface area contributed by atoms with E-state index < -0.39 is 27.2 Å². The lowest BCUT2D eigenvalue weighted by Gasteiger charge is -2.14. The summed E-state index contributed by atoms with van der Waals surface area (Å²) in [4.78, 5) is 30.6. The predicted octanol–water partition coefficient (Wildman–Crippen LogP) is 1.02. The fourth-order valence-corrected chi connectivity index (χ4v) is 5.56. The molecule has 2 aliphatic carbocycles. The zero-order chi connectivity index (χ0) is 23.5. The second-order valence-corrected chi connectivity index (χ2v) is 10.4. The second-order valence-electron chi connectivity index (χ2n) is 8.62. The topological polar surface area (TPSA) is 140 Å². The second kappa shape index (κ2) is 7.65. The van der Waals surface area contributed by atoms with Crippen molar-refractivity contribution < 1.29 is 17.9 Å². The number of imidazole rings is 1. The van der Waals surface area contributed by atoms with Gasteiger partial charge in [0.25, 0.3) is 15.6 Å². The Labute approximate surface area is 189 Å². The lowest BCUT2D eigenvalue weighted by Crippen LogP contribution is -2.41. The molecule has 3 aromatic rings. The van der Waals surface area contributed by atoms with Gasteiger partial charge in [-0.25, -0.2) is 13.2 Å². The van der Waals surface area contributed by atoms with Crippen LogP contribution in [0.15, 0.2) is 32.7 Å². The molecule has 2 aliphatic rings. The summed E-state index contributed by atoms with van der Waals surface area (Å²) in [5.74, 6) is 0.459. The predicted molar refractivity (Wildman–Crippen MR) is 120 cm³/mol. The molecule has 0 bridgehead atoms. The number of nitrogens with two attached hydrogens (primary N) is 1. The van der Waals surface area contributed by atoms with E-state index in [1.165, 1.54) is 30.9 Å². The van der Waals surface area contributed by atoms with Gasteiger partial charge in [0.05, 0.1) is 14.2 Å². The zero-order valence-electron chi connectivity index (χ0n) is 18.4. The Bertz CT molecular complexity index is 1480. The Morgan fingerprint density at radius 1 is 1.03 bits per heavy atom.